The van der Waals surface area contributed by atoms with Crippen LogP contribution in [0, 0.1) is 11.8 Å². The molecule has 5 nitrogen and oxygen atoms in total. The molecule has 0 saturated carbocycles. The van der Waals surface area contributed by atoms with E-state index in [1.54, 1.807) is 4.90 Å². The summed E-state index contributed by atoms with van der Waals surface area (Å²) in [5.41, 5.74) is 6.43. The Labute approximate surface area is 131 Å². The Balaban J connectivity index is 2.07. The number of hydrogen-bond donors (Lipinski definition) is 1. The minimum absolute atomic E-state index is 0.0772. The van der Waals surface area contributed by atoms with Gasteiger partial charge in [0.2, 0.25) is 11.8 Å². The number of primary amides is 1. The lowest BCUT2D eigenvalue weighted by atomic mass is 9.87. The molecule has 2 N–H and O–H groups in total. The molecule has 2 rings (SSSR count). The summed E-state index contributed by atoms with van der Waals surface area (Å²) in [4.78, 5) is 25.8. The zero-order valence-corrected chi connectivity index (χ0v) is 13.2. The van der Waals surface area contributed by atoms with Gasteiger partial charge in [0, 0.05) is 12.5 Å². The largest absolute Gasteiger partial charge is 0.367 e. The number of rotatable bonds is 5. The van der Waals surface area contributed by atoms with E-state index in [4.69, 9.17) is 10.5 Å². The lowest BCUT2D eigenvalue weighted by molar-refractivity contribution is -0.149. The lowest BCUT2D eigenvalue weighted by Crippen LogP contribution is -2.52. The zero-order valence-electron chi connectivity index (χ0n) is 13.2. The van der Waals surface area contributed by atoms with Gasteiger partial charge in [-0.3, -0.25) is 9.59 Å². The first-order valence-corrected chi connectivity index (χ1v) is 7.72. The molecule has 0 bridgehead atoms. The second-order valence-electron chi connectivity index (χ2n) is 6.09. The molecule has 1 aromatic carbocycles. The third-order valence-corrected chi connectivity index (χ3v) is 4.12. The van der Waals surface area contributed by atoms with Crippen molar-refractivity contribution in [2.75, 3.05) is 19.7 Å². The van der Waals surface area contributed by atoms with Crippen molar-refractivity contribution in [1.29, 1.82) is 0 Å². The fourth-order valence-corrected chi connectivity index (χ4v) is 2.73. The van der Waals surface area contributed by atoms with Crippen LogP contribution >= 0.6 is 0 Å². The monoisotopic (exact) mass is 304 g/mol. The number of carbonyl (C=O) groups excluding carboxylic acids is 2. The molecule has 0 spiro atoms. The predicted molar refractivity (Wildman–Crippen MR) is 84.0 cm³/mol. The maximum absolute atomic E-state index is 12.8. The van der Waals surface area contributed by atoms with Gasteiger partial charge in [-0.05, 0) is 17.9 Å². The average Bonchev–Trinajstić information content (AvgIpc) is 2.53. The van der Waals surface area contributed by atoms with Crippen molar-refractivity contribution in [3.8, 4) is 0 Å². The molecule has 0 aliphatic carbocycles. The van der Waals surface area contributed by atoms with Gasteiger partial charge in [-0.2, -0.15) is 0 Å². The number of ether oxygens (including phenoxy) is 1. The van der Waals surface area contributed by atoms with E-state index in [-0.39, 0.29) is 24.3 Å². The number of amides is 2. The maximum Gasteiger partial charge on any atom is 0.248 e. The van der Waals surface area contributed by atoms with E-state index in [1.807, 2.05) is 30.3 Å². The van der Waals surface area contributed by atoms with Gasteiger partial charge in [-0.15, -0.1) is 0 Å². The molecule has 1 aliphatic heterocycles. The first-order valence-electron chi connectivity index (χ1n) is 7.72. The third-order valence-electron chi connectivity index (χ3n) is 4.12. The molecule has 0 aromatic heterocycles. The molecule has 1 saturated heterocycles. The van der Waals surface area contributed by atoms with E-state index < -0.39 is 12.0 Å². The highest BCUT2D eigenvalue weighted by Gasteiger charge is 2.32. The van der Waals surface area contributed by atoms with Crippen molar-refractivity contribution in [3.05, 3.63) is 35.9 Å². The van der Waals surface area contributed by atoms with Crippen LogP contribution in [0.3, 0.4) is 0 Å². The summed E-state index contributed by atoms with van der Waals surface area (Å²) in [6.45, 7) is 5.23. The van der Waals surface area contributed by atoms with Crippen molar-refractivity contribution < 1.29 is 14.3 Å². The van der Waals surface area contributed by atoms with Gasteiger partial charge in [-0.25, -0.2) is 0 Å². The molecule has 1 aliphatic rings. The molecule has 120 valence electrons. The predicted octanol–water partition coefficient (Wildman–Crippen LogP) is 1.21. The SMILES string of the molecule is CC(C)[C@H](Cc1ccccc1)C(=O)N1CCO[C@H](C(N)=O)C1. The number of morpholine rings is 1. The molecule has 1 fully saturated rings. The summed E-state index contributed by atoms with van der Waals surface area (Å²) in [6.07, 6.45) is 0.0119. The Morgan fingerprint density at radius 1 is 1.32 bits per heavy atom. The first kappa shape index (κ1) is 16.5. The highest BCUT2D eigenvalue weighted by molar-refractivity contribution is 5.83. The van der Waals surface area contributed by atoms with E-state index in [0.717, 1.165) is 5.56 Å². The lowest BCUT2D eigenvalue weighted by Gasteiger charge is -2.35. The van der Waals surface area contributed by atoms with Crippen LogP contribution in [-0.4, -0.2) is 42.5 Å². The van der Waals surface area contributed by atoms with Crippen LogP contribution in [0.4, 0.5) is 0 Å². The number of carbonyl (C=O) groups is 2. The van der Waals surface area contributed by atoms with E-state index in [2.05, 4.69) is 13.8 Å². The maximum atomic E-state index is 12.8. The van der Waals surface area contributed by atoms with E-state index in [1.165, 1.54) is 0 Å². The van der Waals surface area contributed by atoms with Crippen LogP contribution in [0.1, 0.15) is 19.4 Å². The minimum atomic E-state index is -0.692. The van der Waals surface area contributed by atoms with Crippen LogP contribution in [0.25, 0.3) is 0 Å². The van der Waals surface area contributed by atoms with Crippen LogP contribution in [0.5, 0.6) is 0 Å². The fraction of sp³-hybridized carbons (Fsp3) is 0.529. The molecular formula is C17H24N2O3. The van der Waals surface area contributed by atoms with Gasteiger partial charge in [0.05, 0.1) is 13.2 Å². The standard InChI is InChI=1S/C17H24N2O3/c1-12(2)14(10-13-6-4-3-5-7-13)17(21)19-8-9-22-15(11-19)16(18)20/h3-7,12,14-15H,8-11H2,1-2H3,(H2,18,20)/t14-,15-/m0/s1. The van der Waals surface area contributed by atoms with Crippen LogP contribution in [0.2, 0.25) is 0 Å². The smallest absolute Gasteiger partial charge is 0.248 e. The number of benzene rings is 1. The van der Waals surface area contributed by atoms with Gasteiger partial charge < -0.3 is 15.4 Å². The van der Waals surface area contributed by atoms with E-state index in [9.17, 15) is 9.59 Å². The van der Waals surface area contributed by atoms with Crippen molar-refractivity contribution in [1.82, 2.24) is 4.90 Å². The van der Waals surface area contributed by atoms with Gasteiger partial charge >= 0.3 is 0 Å². The number of nitrogens with two attached hydrogens (primary N) is 1. The number of hydrogen-bond acceptors (Lipinski definition) is 3. The Hall–Kier alpha value is -1.88. The summed E-state index contributed by atoms with van der Waals surface area (Å²) in [6, 6.07) is 10.0. The Bertz CT molecular complexity index is 516. The molecule has 5 heteroatoms. The summed E-state index contributed by atoms with van der Waals surface area (Å²) >= 11 is 0. The van der Waals surface area contributed by atoms with Gasteiger partial charge in [-0.1, -0.05) is 44.2 Å². The van der Waals surface area contributed by atoms with Gasteiger partial charge in [0.25, 0.3) is 0 Å². The topological polar surface area (TPSA) is 72.6 Å². The van der Waals surface area contributed by atoms with Crippen molar-refractivity contribution in [2.24, 2.45) is 17.6 Å². The van der Waals surface area contributed by atoms with E-state index >= 15 is 0 Å². The van der Waals surface area contributed by atoms with Crippen molar-refractivity contribution >= 4 is 11.8 Å². The first-order chi connectivity index (χ1) is 10.5. The Kier molecular flexibility index (Phi) is 5.55. The second-order valence-corrected chi connectivity index (χ2v) is 6.09. The fourth-order valence-electron chi connectivity index (χ4n) is 2.73. The highest BCUT2D eigenvalue weighted by Crippen LogP contribution is 2.21. The molecule has 0 unspecified atom stereocenters. The summed E-state index contributed by atoms with van der Waals surface area (Å²) in [5.74, 6) is -0.313. The molecular weight excluding hydrogens is 280 g/mol. The molecule has 1 heterocycles. The minimum Gasteiger partial charge on any atom is -0.367 e. The second kappa shape index (κ2) is 7.40. The zero-order chi connectivity index (χ0) is 16.1. The van der Waals surface area contributed by atoms with E-state index in [0.29, 0.717) is 19.6 Å². The molecule has 2 atom stereocenters. The quantitative estimate of drug-likeness (QED) is 0.889. The van der Waals surface area contributed by atoms with Crippen molar-refractivity contribution in [3.63, 3.8) is 0 Å². The van der Waals surface area contributed by atoms with Gasteiger partial charge in [0.15, 0.2) is 6.10 Å². The Morgan fingerprint density at radius 2 is 2.00 bits per heavy atom. The van der Waals surface area contributed by atoms with Crippen LogP contribution < -0.4 is 5.73 Å². The highest BCUT2D eigenvalue weighted by atomic mass is 16.5. The third kappa shape index (κ3) is 4.07. The summed E-state index contributed by atoms with van der Waals surface area (Å²) in [5, 5.41) is 0. The molecule has 0 radical (unpaired) electrons. The average molecular weight is 304 g/mol. The normalized spacial score (nSPS) is 20.0. The molecule has 2 amide bonds. The number of nitrogens with zero attached hydrogens (tertiary/aromatic N) is 1. The molecule has 22 heavy (non-hydrogen) atoms. The Morgan fingerprint density at radius 3 is 2.59 bits per heavy atom. The van der Waals surface area contributed by atoms with Gasteiger partial charge in [0.1, 0.15) is 0 Å². The summed E-state index contributed by atoms with van der Waals surface area (Å²) < 4.78 is 5.31. The summed E-state index contributed by atoms with van der Waals surface area (Å²) in [7, 11) is 0. The van der Waals surface area contributed by atoms with Crippen molar-refractivity contribution in [2.45, 2.75) is 26.4 Å². The van der Waals surface area contributed by atoms with Crippen LogP contribution in [0.15, 0.2) is 30.3 Å². The molecule has 1 aromatic rings. The van der Waals surface area contributed by atoms with Crippen LogP contribution in [-0.2, 0) is 20.7 Å².